The van der Waals surface area contributed by atoms with Gasteiger partial charge in [-0.25, -0.2) is 4.68 Å². The molecule has 0 spiro atoms. The highest BCUT2D eigenvalue weighted by Gasteiger charge is 2.36. The number of carbonyl (C=O) groups is 1. The summed E-state index contributed by atoms with van der Waals surface area (Å²) in [5.41, 5.74) is 0. The lowest BCUT2D eigenvalue weighted by Gasteiger charge is -2.40. The van der Waals surface area contributed by atoms with Crippen molar-refractivity contribution in [3.63, 3.8) is 0 Å². The fourth-order valence-electron chi connectivity index (χ4n) is 2.65. The molecule has 1 saturated carbocycles. The quantitative estimate of drug-likeness (QED) is 0.742. The summed E-state index contributed by atoms with van der Waals surface area (Å²) in [6, 6.07) is 0.341. The van der Waals surface area contributed by atoms with E-state index in [4.69, 9.17) is 0 Å². The molecule has 0 atom stereocenters. The molecule has 16 heavy (non-hydrogen) atoms. The van der Waals surface area contributed by atoms with Crippen LogP contribution < -0.4 is 0 Å². The van der Waals surface area contributed by atoms with Gasteiger partial charge in [0.1, 0.15) is 0 Å². The van der Waals surface area contributed by atoms with E-state index < -0.39 is 0 Å². The minimum Gasteiger partial charge on any atom is -0.338 e. The molecule has 1 aliphatic carbocycles. The van der Waals surface area contributed by atoms with Crippen molar-refractivity contribution < 1.29 is 4.79 Å². The summed E-state index contributed by atoms with van der Waals surface area (Å²) in [4.78, 5) is 14.0. The Morgan fingerprint density at radius 3 is 2.62 bits per heavy atom. The van der Waals surface area contributed by atoms with Crippen LogP contribution in [-0.2, 0) is 4.79 Å². The summed E-state index contributed by atoms with van der Waals surface area (Å²) in [7, 11) is 0. The molecule has 2 fully saturated rings. The van der Waals surface area contributed by atoms with E-state index in [-0.39, 0.29) is 0 Å². The van der Waals surface area contributed by atoms with Crippen LogP contribution in [0, 0.1) is 5.92 Å². The van der Waals surface area contributed by atoms with Crippen LogP contribution in [0.1, 0.15) is 31.7 Å². The molecule has 3 rings (SSSR count). The second-order valence-electron chi connectivity index (χ2n) is 4.76. The van der Waals surface area contributed by atoms with Crippen LogP contribution in [-0.4, -0.2) is 38.9 Å². The first kappa shape index (κ1) is 9.81. The Morgan fingerprint density at radius 2 is 2.00 bits per heavy atom. The number of aromatic nitrogens is 3. The molecule has 0 unspecified atom stereocenters. The van der Waals surface area contributed by atoms with Crippen LogP contribution in [0.5, 0.6) is 0 Å². The standard InChI is InChI=1S/C11H16N4O/c16-11(9-3-1-2-4-9)14-7-10(8-14)15-6-5-12-13-15/h5-6,9-10H,1-4,7-8H2. The maximum absolute atomic E-state index is 12.0. The predicted molar refractivity (Wildman–Crippen MR) is 57.6 cm³/mol. The summed E-state index contributed by atoms with van der Waals surface area (Å²) in [6.07, 6.45) is 8.16. The van der Waals surface area contributed by atoms with Gasteiger partial charge < -0.3 is 4.90 Å². The third-order valence-corrected chi connectivity index (χ3v) is 3.69. The molecule has 1 saturated heterocycles. The van der Waals surface area contributed by atoms with Gasteiger partial charge in [-0.1, -0.05) is 18.1 Å². The number of nitrogens with zero attached hydrogens (tertiary/aromatic N) is 4. The Morgan fingerprint density at radius 1 is 1.25 bits per heavy atom. The number of hydrogen-bond acceptors (Lipinski definition) is 3. The average Bonchev–Trinajstić information content (AvgIpc) is 2.88. The van der Waals surface area contributed by atoms with Crippen molar-refractivity contribution in [1.29, 1.82) is 0 Å². The highest BCUT2D eigenvalue weighted by Crippen LogP contribution is 2.30. The number of amides is 1. The zero-order valence-corrected chi connectivity index (χ0v) is 9.25. The smallest absolute Gasteiger partial charge is 0.225 e. The summed E-state index contributed by atoms with van der Waals surface area (Å²) >= 11 is 0. The summed E-state index contributed by atoms with van der Waals surface area (Å²) in [5, 5.41) is 7.74. The fourth-order valence-corrected chi connectivity index (χ4v) is 2.65. The lowest BCUT2D eigenvalue weighted by molar-refractivity contribution is -0.141. The zero-order chi connectivity index (χ0) is 11.0. The van der Waals surface area contributed by atoms with Crippen molar-refractivity contribution >= 4 is 5.91 Å². The van der Waals surface area contributed by atoms with Gasteiger partial charge in [0.15, 0.2) is 0 Å². The molecule has 1 aliphatic heterocycles. The molecule has 1 aromatic heterocycles. The summed E-state index contributed by atoms with van der Waals surface area (Å²) in [6.45, 7) is 1.61. The fraction of sp³-hybridized carbons (Fsp3) is 0.727. The molecule has 0 aromatic carbocycles. The maximum Gasteiger partial charge on any atom is 0.225 e. The van der Waals surface area contributed by atoms with Crippen LogP contribution in [0.3, 0.4) is 0 Å². The third-order valence-electron chi connectivity index (χ3n) is 3.69. The molecule has 0 N–H and O–H groups in total. The van der Waals surface area contributed by atoms with E-state index in [1.165, 1.54) is 12.8 Å². The molecule has 2 heterocycles. The van der Waals surface area contributed by atoms with Crippen LogP contribution in [0.2, 0.25) is 0 Å². The van der Waals surface area contributed by atoms with Gasteiger partial charge in [0.05, 0.1) is 12.2 Å². The highest BCUT2D eigenvalue weighted by atomic mass is 16.2. The second-order valence-corrected chi connectivity index (χ2v) is 4.76. The van der Waals surface area contributed by atoms with Gasteiger partial charge >= 0.3 is 0 Å². The number of likely N-dealkylation sites (tertiary alicyclic amines) is 1. The average molecular weight is 220 g/mol. The molecule has 5 nitrogen and oxygen atoms in total. The normalized spacial score (nSPS) is 22.4. The third kappa shape index (κ3) is 1.60. The van der Waals surface area contributed by atoms with E-state index in [9.17, 15) is 4.79 Å². The zero-order valence-electron chi connectivity index (χ0n) is 9.25. The largest absolute Gasteiger partial charge is 0.338 e. The van der Waals surface area contributed by atoms with Crippen LogP contribution in [0.15, 0.2) is 12.4 Å². The van der Waals surface area contributed by atoms with Gasteiger partial charge in [0.25, 0.3) is 0 Å². The van der Waals surface area contributed by atoms with Crippen LogP contribution >= 0.6 is 0 Å². The Kier molecular flexibility index (Phi) is 2.38. The molecule has 1 amide bonds. The first-order chi connectivity index (χ1) is 7.84. The molecular weight excluding hydrogens is 204 g/mol. The Bertz CT molecular complexity index is 363. The SMILES string of the molecule is O=C(C1CCCC1)N1CC(n2ccnn2)C1. The molecule has 2 aliphatic rings. The second kappa shape index (κ2) is 3.88. The Balaban J connectivity index is 1.55. The van der Waals surface area contributed by atoms with Crippen molar-refractivity contribution in [2.75, 3.05) is 13.1 Å². The number of carbonyl (C=O) groups excluding carboxylic acids is 1. The molecular formula is C11H16N4O. The van der Waals surface area contributed by atoms with Gasteiger partial charge in [-0.15, -0.1) is 5.10 Å². The molecule has 5 heteroatoms. The Hall–Kier alpha value is -1.39. The van der Waals surface area contributed by atoms with Crippen molar-refractivity contribution in [2.45, 2.75) is 31.7 Å². The minimum atomic E-state index is 0.302. The van der Waals surface area contributed by atoms with Crippen molar-refractivity contribution in [1.82, 2.24) is 19.9 Å². The van der Waals surface area contributed by atoms with Crippen molar-refractivity contribution in [3.8, 4) is 0 Å². The molecule has 0 bridgehead atoms. The van der Waals surface area contributed by atoms with Crippen LogP contribution in [0.4, 0.5) is 0 Å². The highest BCUT2D eigenvalue weighted by molar-refractivity contribution is 5.79. The van der Waals surface area contributed by atoms with Gasteiger partial charge in [-0.3, -0.25) is 4.79 Å². The van der Waals surface area contributed by atoms with Gasteiger partial charge in [0, 0.05) is 25.2 Å². The molecule has 86 valence electrons. The first-order valence-electron chi connectivity index (χ1n) is 5.99. The van der Waals surface area contributed by atoms with Crippen LogP contribution in [0.25, 0.3) is 0 Å². The van der Waals surface area contributed by atoms with E-state index in [2.05, 4.69) is 10.3 Å². The van der Waals surface area contributed by atoms with Gasteiger partial charge in [-0.2, -0.15) is 0 Å². The van der Waals surface area contributed by atoms with Gasteiger partial charge in [-0.05, 0) is 12.8 Å². The van der Waals surface area contributed by atoms with E-state index in [0.29, 0.717) is 17.9 Å². The summed E-state index contributed by atoms with van der Waals surface area (Å²) in [5.74, 6) is 0.658. The number of hydrogen-bond donors (Lipinski definition) is 0. The van der Waals surface area contributed by atoms with E-state index >= 15 is 0 Å². The summed E-state index contributed by atoms with van der Waals surface area (Å²) < 4.78 is 1.85. The molecule has 0 radical (unpaired) electrons. The lowest BCUT2D eigenvalue weighted by atomic mass is 10.0. The Labute approximate surface area is 94.4 Å². The van der Waals surface area contributed by atoms with Crippen molar-refractivity contribution in [3.05, 3.63) is 12.4 Å². The van der Waals surface area contributed by atoms with E-state index in [0.717, 1.165) is 25.9 Å². The molecule has 1 aromatic rings. The first-order valence-corrected chi connectivity index (χ1v) is 5.99. The maximum atomic E-state index is 12.0. The monoisotopic (exact) mass is 220 g/mol. The van der Waals surface area contributed by atoms with E-state index in [1.807, 2.05) is 15.8 Å². The number of rotatable bonds is 2. The minimum absolute atomic E-state index is 0.302. The lowest BCUT2D eigenvalue weighted by Crippen LogP contribution is -2.52. The van der Waals surface area contributed by atoms with Crippen molar-refractivity contribution in [2.24, 2.45) is 5.92 Å². The predicted octanol–water partition coefficient (Wildman–Crippen LogP) is 0.852. The topological polar surface area (TPSA) is 51.0 Å². The van der Waals surface area contributed by atoms with Gasteiger partial charge in [0.2, 0.25) is 5.91 Å². The van der Waals surface area contributed by atoms with E-state index in [1.54, 1.807) is 6.20 Å².